The Morgan fingerprint density at radius 1 is 1.15 bits per heavy atom. The predicted octanol–water partition coefficient (Wildman–Crippen LogP) is 2.91. The Morgan fingerprint density at radius 3 is 2.65 bits per heavy atom. The van der Waals surface area contributed by atoms with E-state index in [9.17, 15) is 23.9 Å². The molecule has 0 aliphatic heterocycles. The highest BCUT2D eigenvalue weighted by atomic mass is 19.1. The molecule has 2 aromatic carbocycles. The topological polar surface area (TPSA) is 124 Å². The Hall–Kier alpha value is -4.24. The van der Waals surface area contributed by atoms with Crippen molar-refractivity contribution in [2.24, 2.45) is 0 Å². The van der Waals surface area contributed by atoms with E-state index >= 15 is 0 Å². The van der Waals surface area contributed by atoms with Crippen molar-refractivity contribution >= 4 is 22.8 Å². The molecular formula is C25H22FN3O5. The summed E-state index contributed by atoms with van der Waals surface area (Å²) in [4.78, 5) is 39.9. The van der Waals surface area contributed by atoms with E-state index < -0.39 is 23.3 Å². The summed E-state index contributed by atoms with van der Waals surface area (Å²) in [5, 5.41) is 22.1. The summed E-state index contributed by atoms with van der Waals surface area (Å²) in [6, 6.07) is 12.3. The minimum atomic E-state index is -1.27. The molecule has 0 unspecified atom stereocenters. The van der Waals surface area contributed by atoms with Crippen molar-refractivity contribution in [2.75, 3.05) is 13.2 Å². The molecule has 174 valence electrons. The van der Waals surface area contributed by atoms with Crippen molar-refractivity contribution in [1.82, 2.24) is 14.9 Å². The highest BCUT2D eigenvalue weighted by molar-refractivity contribution is 6.08. The summed E-state index contributed by atoms with van der Waals surface area (Å²) < 4.78 is 16.2. The normalized spacial score (nSPS) is 11.0. The number of amides is 1. The van der Waals surface area contributed by atoms with Gasteiger partial charge in [0.15, 0.2) is 0 Å². The summed E-state index contributed by atoms with van der Waals surface area (Å²) >= 11 is 0. The minimum absolute atomic E-state index is 0.0469. The van der Waals surface area contributed by atoms with E-state index in [1.54, 1.807) is 30.3 Å². The number of pyridine rings is 1. The molecule has 34 heavy (non-hydrogen) atoms. The highest BCUT2D eigenvalue weighted by Gasteiger charge is 2.26. The molecular weight excluding hydrogens is 441 g/mol. The van der Waals surface area contributed by atoms with Crippen molar-refractivity contribution < 1.29 is 24.2 Å². The van der Waals surface area contributed by atoms with Crippen LogP contribution in [0.2, 0.25) is 0 Å². The molecule has 2 heterocycles. The fourth-order valence-electron chi connectivity index (χ4n) is 4.03. The van der Waals surface area contributed by atoms with Gasteiger partial charge in [0.05, 0.1) is 13.2 Å². The first-order valence-corrected chi connectivity index (χ1v) is 10.5. The SMILES string of the molecule is Cc1ccc2c(c1)c(-c1ccc[nH]c1=O)c(C(=O)O)n2Cc1cc(C(=O)NCCO)ccc1F. The van der Waals surface area contributed by atoms with Gasteiger partial charge in [-0.15, -0.1) is 0 Å². The Labute approximate surface area is 193 Å². The number of benzene rings is 2. The van der Waals surface area contributed by atoms with Crippen molar-refractivity contribution in [1.29, 1.82) is 0 Å². The maximum Gasteiger partial charge on any atom is 0.353 e. The second kappa shape index (κ2) is 9.32. The number of carbonyl (C=O) groups is 2. The Balaban J connectivity index is 1.94. The third-order valence-corrected chi connectivity index (χ3v) is 5.54. The van der Waals surface area contributed by atoms with Crippen LogP contribution in [0.15, 0.2) is 59.5 Å². The molecule has 9 heteroatoms. The van der Waals surface area contributed by atoms with E-state index in [2.05, 4.69) is 10.3 Å². The number of nitrogens with zero attached hydrogens (tertiary/aromatic N) is 1. The molecule has 2 aromatic heterocycles. The molecule has 4 N–H and O–H groups in total. The van der Waals surface area contributed by atoms with E-state index in [1.807, 2.05) is 6.92 Å². The van der Waals surface area contributed by atoms with Gasteiger partial charge in [-0.2, -0.15) is 0 Å². The number of nitrogens with one attached hydrogen (secondary N) is 2. The van der Waals surface area contributed by atoms with Gasteiger partial charge in [0.1, 0.15) is 11.5 Å². The molecule has 0 atom stereocenters. The molecule has 0 aliphatic rings. The first-order valence-electron chi connectivity index (χ1n) is 10.5. The maximum absolute atomic E-state index is 14.8. The number of rotatable bonds is 7. The van der Waals surface area contributed by atoms with Gasteiger partial charge in [0.25, 0.3) is 11.5 Å². The van der Waals surface area contributed by atoms with Crippen molar-refractivity contribution in [3.63, 3.8) is 0 Å². The lowest BCUT2D eigenvalue weighted by molar-refractivity contribution is 0.0686. The second-order valence-corrected chi connectivity index (χ2v) is 7.83. The first kappa shape index (κ1) is 22.9. The van der Waals surface area contributed by atoms with Crippen LogP contribution in [-0.2, 0) is 6.54 Å². The summed E-state index contributed by atoms with van der Waals surface area (Å²) in [6.07, 6.45) is 1.46. The number of carboxylic acid groups (broad SMARTS) is 1. The number of aromatic carboxylic acids is 1. The van der Waals surface area contributed by atoms with Gasteiger partial charge in [-0.3, -0.25) is 9.59 Å². The van der Waals surface area contributed by atoms with Crippen molar-refractivity contribution in [3.8, 4) is 11.1 Å². The number of carbonyl (C=O) groups excluding carboxylic acids is 1. The summed E-state index contributed by atoms with van der Waals surface area (Å²) in [6.45, 7) is 1.48. The lowest BCUT2D eigenvalue weighted by atomic mass is 10.0. The van der Waals surface area contributed by atoms with Gasteiger partial charge in [-0.25, -0.2) is 9.18 Å². The van der Waals surface area contributed by atoms with Crippen LogP contribution in [-0.4, -0.2) is 44.8 Å². The number of aliphatic hydroxyl groups excluding tert-OH is 1. The molecule has 0 saturated carbocycles. The van der Waals surface area contributed by atoms with Crippen LogP contribution in [0.3, 0.4) is 0 Å². The minimum Gasteiger partial charge on any atom is -0.477 e. The largest absolute Gasteiger partial charge is 0.477 e. The van der Waals surface area contributed by atoms with Gasteiger partial charge in [-0.1, -0.05) is 11.6 Å². The van der Waals surface area contributed by atoms with E-state index in [-0.39, 0.29) is 47.6 Å². The number of fused-ring (bicyclic) bond motifs is 1. The number of H-pyrrole nitrogens is 1. The van der Waals surface area contributed by atoms with Crippen LogP contribution in [0.4, 0.5) is 4.39 Å². The van der Waals surface area contributed by atoms with E-state index in [4.69, 9.17) is 5.11 Å². The fourth-order valence-corrected chi connectivity index (χ4v) is 4.03. The zero-order chi connectivity index (χ0) is 24.4. The van der Waals surface area contributed by atoms with Crippen molar-refractivity contribution in [3.05, 3.63) is 93.3 Å². The van der Waals surface area contributed by atoms with Crippen LogP contribution < -0.4 is 10.9 Å². The van der Waals surface area contributed by atoms with Crippen LogP contribution in [0, 0.1) is 12.7 Å². The number of aryl methyl sites for hydroxylation is 1. The molecule has 8 nitrogen and oxygen atoms in total. The van der Waals surface area contributed by atoms with Crippen LogP contribution in [0.5, 0.6) is 0 Å². The number of aliphatic hydroxyl groups is 1. The van der Waals surface area contributed by atoms with Gasteiger partial charge in [-0.05, 0) is 49.4 Å². The molecule has 4 rings (SSSR count). The third kappa shape index (κ3) is 4.20. The van der Waals surface area contributed by atoms with Gasteiger partial charge in [0, 0.05) is 45.9 Å². The average Bonchev–Trinajstić information content (AvgIpc) is 3.12. The first-order chi connectivity index (χ1) is 16.3. The summed E-state index contributed by atoms with van der Waals surface area (Å²) in [5.74, 6) is -2.37. The number of carboxylic acids is 1. The number of hydrogen-bond acceptors (Lipinski definition) is 4. The quantitative estimate of drug-likeness (QED) is 0.336. The second-order valence-electron chi connectivity index (χ2n) is 7.83. The molecule has 0 spiro atoms. The van der Waals surface area contributed by atoms with Crippen LogP contribution in [0.25, 0.3) is 22.0 Å². The molecule has 0 bridgehead atoms. The summed E-state index contributed by atoms with van der Waals surface area (Å²) in [5.41, 5.74) is 1.47. The predicted molar refractivity (Wildman–Crippen MR) is 125 cm³/mol. The Morgan fingerprint density at radius 2 is 1.94 bits per heavy atom. The standard InChI is InChI=1S/C25H22FN3O5/c1-14-4-7-20-18(11-14)21(17-3-2-8-27-24(17)32)22(25(33)34)29(20)13-16-12-15(5-6-19(16)26)23(31)28-9-10-30/h2-8,11-12,30H,9-10,13H2,1H3,(H,27,32)(H,28,31)(H,33,34). The number of hydrogen-bond donors (Lipinski definition) is 4. The smallest absolute Gasteiger partial charge is 0.353 e. The Kier molecular flexibility index (Phi) is 6.29. The zero-order valence-corrected chi connectivity index (χ0v) is 18.3. The fraction of sp³-hybridized carbons (Fsp3) is 0.160. The monoisotopic (exact) mass is 463 g/mol. The average molecular weight is 463 g/mol. The number of aromatic amines is 1. The van der Waals surface area contributed by atoms with Gasteiger partial charge < -0.3 is 25.1 Å². The van der Waals surface area contributed by atoms with E-state index in [0.29, 0.717) is 10.9 Å². The zero-order valence-electron chi connectivity index (χ0n) is 18.3. The molecule has 0 saturated heterocycles. The van der Waals surface area contributed by atoms with Crippen molar-refractivity contribution in [2.45, 2.75) is 13.5 Å². The van der Waals surface area contributed by atoms with Gasteiger partial charge in [0.2, 0.25) is 0 Å². The molecule has 0 fully saturated rings. The molecule has 0 aliphatic carbocycles. The van der Waals surface area contributed by atoms with Gasteiger partial charge >= 0.3 is 5.97 Å². The third-order valence-electron chi connectivity index (χ3n) is 5.54. The van der Waals surface area contributed by atoms with Crippen LogP contribution in [0.1, 0.15) is 32.0 Å². The van der Waals surface area contributed by atoms with Crippen LogP contribution >= 0.6 is 0 Å². The number of halogens is 1. The molecule has 1 amide bonds. The lowest BCUT2D eigenvalue weighted by Gasteiger charge is -2.12. The Bertz CT molecular complexity index is 1470. The lowest BCUT2D eigenvalue weighted by Crippen LogP contribution is -2.26. The highest BCUT2D eigenvalue weighted by Crippen LogP contribution is 2.35. The van der Waals surface area contributed by atoms with E-state index in [0.717, 1.165) is 11.6 Å². The molecule has 4 aromatic rings. The molecule has 0 radical (unpaired) electrons. The van der Waals surface area contributed by atoms with E-state index in [1.165, 1.54) is 22.9 Å². The summed E-state index contributed by atoms with van der Waals surface area (Å²) in [7, 11) is 0. The maximum atomic E-state index is 14.8. The number of aromatic nitrogens is 2.